The molecule has 1 aliphatic rings. The SMILES string of the molecule is CCCC(=O)N1CCNCC1c1ccc(CC)cc1. The second-order valence-electron chi connectivity index (χ2n) is 5.15. The van der Waals surface area contributed by atoms with Gasteiger partial charge in [-0.05, 0) is 24.0 Å². The highest BCUT2D eigenvalue weighted by atomic mass is 16.2. The van der Waals surface area contributed by atoms with Gasteiger partial charge in [-0.15, -0.1) is 0 Å². The molecule has 0 aromatic heterocycles. The lowest BCUT2D eigenvalue weighted by atomic mass is 10.0. The molecule has 1 unspecified atom stereocenters. The predicted molar refractivity (Wildman–Crippen MR) is 78.1 cm³/mol. The monoisotopic (exact) mass is 260 g/mol. The average molecular weight is 260 g/mol. The highest BCUT2D eigenvalue weighted by Gasteiger charge is 2.26. The second-order valence-corrected chi connectivity index (χ2v) is 5.15. The molecular formula is C16H24N2O. The van der Waals surface area contributed by atoms with Crippen molar-refractivity contribution in [3.8, 4) is 0 Å². The highest BCUT2D eigenvalue weighted by molar-refractivity contribution is 5.76. The zero-order valence-corrected chi connectivity index (χ0v) is 12.0. The van der Waals surface area contributed by atoms with Gasteiger partial charge in [0.25, 0.3) is 0 Å². The van der Waals surface area contributed by atoms with Crippen LogP contribution < -0.4 is 5.32 Å². The first-order valence-electron chi connectivity index (χ1n) is 7.35. The maximum absolute atomic E-state index is 12.2. The van der Waals surface area contributed by atoms with Crippen LogP contribution in [0.1, 0.15) is 43.9 Å². The van der Waals surface area contributed by atoms with E-state index in [1.165, 1.54) is 11.1 Å². The second kappa shape index (κ2) is 6.71. The maximum Gasteiger partial charge on any atom is 0.223 e. The number of hydrogen-bond acceptors (Lipinski definition) is 2. The number of piperazine rings is 1. The lowest BCUT2D eigenvalue weighted by Crippen LogP contribution is -2.48. The summed E-state index contributed by atoms with van der Waals surface area (Å²) in [6, 6.07) is 8.88. The van der Waals surface area contributed by atoms with Crippen molar-refractivity contribution in [2.75, 3.05) is 19.6 Å². The molecule has 1 fully saturated rings. The molecule has 1 amide bonds. The number of amides is 1. The first-order chi connectivity index (χ1) is 9.26. The van der Waals surface area contributed by atoms with Gasteiger partial charge < -0.3 is 10.2 Å². The van der Waals surface area contributed by atoms with Crippen LogP contribution >= 0.6 is 0 Å². The van der Waals surface area contributed by atoms with Crippen molar-refractivity contribution in [1.82, 2.24) is 10.2 Å². The van der Waals surface area contributed by atoms with Crippen molar-refractivity contribution in [2.24, 2.45) is 0 Å². The van der Waals surface area contributed by atoms with Crippen LogP contribution in [0.25, 0.3) is 0 Å². The number of benzene rings is 1. The summed E-state index contributed by atoms with van der Waals surface area (Å²) in [5, 5.41) is 3.39. The van der Waals surface area contributed by atoms with Crippen molar-refractivity contribution in [2.45, 2.75) is 39.2 Å². The van der Waals surface area contributed by atoms with Crippen molar-refractivity contribution >= 4 is 5.91 Å². The van der Waals surface area contributed by atoms with E-state index in [1.807, 2.05) is 4.90 Å². The standard InChI is InChI=1S/C16H24N2O/c1-3-5-16(19)18-11-10-17-12-15(18)14-8-6-13(4-2)7-9-14/h6-9,15,17H,3-5,10-12H2,1-2H3. The molecule has 104 valence electrons. The zero-order chi connectivity index (χ0) is 13.7. The van der Waals surface area contributed by atoms with Crippen LogP contribution in [0.15, 0.2) is 24.3 Å². The van der Waals surface area contributed by atoms with Gasteiger partial charge in [0.1, 0.15) is 0 Å². The molecule has 1 aromatic carbocycles. The van der Waals surface area contributed by atoms with E-state index in [9.17, 15) is 4.79 Å². The smallest absolute Gasteiger partial charge is 0.223 e. The third-order valence-corrected chi connectivity index (χ3v) is 3.80. The summed E-state index contributed by atoms with van der Waals surface area (Å²) >= 11 is 0. The van der Waals surface area contributed by atoms with Crippen LogP contribution in [0.4, 0.5) is 0 Å². The molecule has 0 radical (unpaired) electrons. The van der Waals surface area contributed by atoms with Gasteiger partial charge in [0.2, 0.25) is 5.91 Å². The maximum atomic E-state index is 12.2. The fourth-order valence-electron chi connectivity index (χ4n) is 2.63. The van der Waals surface area contributed by atoms with E-state index >= 15 is 0 Å². The summed E-state index contributed by atoms with van der Waals surface area (Å²) in [6.07, 6.45) is 2.63. The minimum atomic E-state index is 0.193. The van der Waals surface area contributed by atoms with E-state index in [2.05, 4.69) is 43.4 Å². The first kappa shape index (κ1) is 14.1. The van der Waals surface area contributed by atoms with Crippen molar-refractivity contribution in [3.05, 3.63) is 35.4 Å². The molecular weight excluding hydrogens is 236 g/mol. The number of nitrogens with zero attached hydrogens (tertiary/aromatic N) is 1. The fraction of sp³-hybridized carbons (Fsp3) is 0.562. The molecule has 0 saturated carbocycles. The lowest BCUT2D eigenvalue weighted by Gasteiger charge is -2.36. The Labute approximate surface area is 116 Å². The Morgan fingerprint density at radius 2 is 2.05 bits per heavy atom. The van der Waals surface area contributed by atoms with Gasteiger partial charge in [-0.3, -0.25) is 4.79 Å². The van der Waals surface area contributed by atoms with Crippen molar-refractivity contribution in [3.63, 3.8) is 0 Å². The van der Waals surface area contributed by atoms with Crippen LogP contribution in [0.2, 0.25) is 0 Å². The Hall–Kier alpha value is -1.35. The third-order valence-electron chi connectivity index (χ3n) is 3.80. The minimum absolute atomic E-state index is 0.193. The molecule has 1 N–H and O–H groups in total. The van der Waals surface area contributed by atoms with E-state index in [4.69, 9.17) is 0 Å². The summed E-state index contributed by atoms with van der Waals surface area (Å²) < 4.78 is 0. The number of carbonyl (C=O) groups excluding carboxylic acids is 1. The van der Waals surface area contributed by atoms with Crippen LogP contribution in [0, 0.1) is 0 Å². The number of carbonyl (C=O) groups is 1. The molecule has 2 rings (SSSR count). The number of nitrogens with one attached hydrogen (secondary N) is 1. The largest absolute Gasteiger partial charge is 0.333 e. The van der Waals surface area contributed by atoms with E-state index < -0.39 is 0 Å². The summed E-state index contributed by atoms with van der Waals surface area (Å²) in [6.45, 7) is 6.80. The van der Waals surface area contributed by atoms with Gasteiger partial charge in [-0.1, -0.05) is 38.1 Å². The topological polar surface area (TPSA) is 32.3 Å². The van der Waals surface area contributed by atoms with E-state index in [1.54, 1.807) is 0 Å². The zero-order valence-electron chi connectivity index (χ0n) is 12.0. The Kier molecular flexibility index (Phi) is 4.97. The lowest BCUT2D eigenvalue weighted by molar-refractivity contribution is -0.134. The number of rotatable bonds is 4. The van der Waals surface area contributed by atoms with Crippen molar-refractivity contribution in [1.29, 1.82) is 0 Å². The highest BCUT2D eigenvalue weighted by Crippen LogP contribution is 2.23. The third kappa shape index (κ3) is 3.35. The Balaban J connectivity index is 2.15. The van der Waals surface area contributed by atoms with Gasteiger partial charge in [-0.2, -0.15) is 0 Å². The molecule has 1 aromatic rings. The molecule has 19 heavy (non-hydrogen) atoms. The molecule has 1 saturated heterocycles. The van der Waals surface area contributed by atoms with Gasteiger partial charge in [0, 0.05) is 26.1 Å². The molecule has 3 nitrogen and oxygen atoms in total. The number of aryl methyl sites for hydroxylation is 1. The van der Waals surface area contributed by atoms with Crippen LogP contribution in [-0.2, 0) is 11.2 Å². The Morgan fingerprint density at radius 3 is 2.68 bits per heavy atom. The van der Waals surface area contributed by atoms with Gasteiger partial charge in [0.05, 0.1) is 6.04 Å². The Morgan fingerprint density at radius 1 is 1.32 bits per heavy atom. The number of hydrogen-bond donors (Lipinski definition) is 1. The molecule has 1 aliphatic heterocycles. The van der Waals surface area contributed by atoms with Gasteiger partial charge >= 0.3 is 0 Å². The van der Waals surface area contributed by atoms with E-state index in [-0.39, 0.29) is 11.9 Å². The normalized spacial score (nSPS) is 19.5. The van der Waals surface area contributed by atoms with Gasteiger partial charge in [-0.25, -0.2) is 0 Å². The quantitative estimate of drug-likeness (QED) is 0.902. The summed E-state index contributed by atoms with van der Waals surface area (Å²) in [7, 11) is 0. The fourth-order valence-corrected chi connectivity index (χ4v) is 2.63. The van der Waals surface area contributed by atoms with Crippen LogP contribution in [0.5, 0.6) is 0 Å². The minimum Gasteiger partial charge on any atom is -0.333 e. The predicted octanol–water partition coefficient (Wildman–Crippen LogP) is 2.52. The van der Waals surface area contributed by atoms with E-state index in [0.29, 0.717) is 6.42 Å². The van der Waals surface area contributed by atoms with Crippen molar-refractivity contribution < 1.29 is 4.79 Å². The molecule has 0 bridgehead atoms. The van der Waals surface area contributed by atoms with Crippen LogP contribution in [-0.4, -0.2) is 30.4 Å². The summed E-state index contributed by atoms with van der Waals surface area (Å²) in [5.41, 5.74) is 2.59. The van der Waals surface area contributed by atoms with Crippen LogP contribution in [0.3, 0.4) is 0 Å². The Bertz CT molecular complexity index is 413. The molecule has 1 atom stereocenters. The molecule has 1 heterocycles. The molecule has 0 aliphatic carbocycles. The summed E-state index contributed by atoms with van der Waals surface area (Å²) in [5.74, 6) is 0.286. The first-order valence-corrected chi connectivity index (χ1v) is 7.35. The van der Waals surface area contributed by atoms with E-state index in [0.717, 1.165) is 32.5 Å². The van der Waals surface area contributed by atoms with Gasteiger partial charge in [0.15, 0.2) is 0 Å². The molecule has 3 heteroatoms. The summed E-state index contributed by atoms with van der Waals surface area (Å²) in [4.78, 5) is 14.2. The average Bonchev–Trinajstić information content (AvgIpc) is 2.47. The molecule has 0 spiro atoms.